The van der Waals surface area contributed by atoms with Crippen LogP contribution in [-0.2, 0) is 6.54 Å². The van der Waals surface area contributed by atoms with Gasteiger partial charge in [-0.15, -0.1) is 0 Å². The van der Waals surface area contributed by atoms with Crippen molar-refractivity contribution < 1.29 is 0 Å². The average Bonchev–Trinajstić information content (AvgIpc) is 3.22. The van der Waals surface area contributed by atoms with Gasteiger partial charge in [0.15, 0.2) is 0 Å². The largest absolute Gasteiger partial charge is 0.324 e. The van der Waals surface area contributed by atoms with E-state index in [4.69, 9.17) is 0 Å². The van der Waals surface area contributed by atoms with Gasteiger partial charge in [-0.1, -0.05) is 29.8 Å². The lowest BCUT2D eigenvalue weighted by Crippen LogP contribution is -2.22. The zero-order valence-electron chi connectivity index (χ0n) is 14.9. The molecule has 0 amide bonds. The van der Waals surface area contributed by atoms with Gasteiger partial charge in [0.2, 0.25) is 0 Å². The predicted octanol–water partition coefficient (Wildman–Crippen LogP) is 4.01. The molecule has 25 heavy (non-hydrogen) atoms. The molecule has 1 atom stereocenters. The predicted molar refractivity (Wildman–Crippen MR) is 100 cm³/mol. The van der Waals surface area contributed by atoms with Crippen LogP contribution >= 0.6 is 0 Å². The molecule has 128 valence electrons. The number of pyridine rings is 1. The topological polar surface area (TPSA) is 34.0 Å². The molecule has 1 fully saturated rings. The molecule has 1 unspecified atom stereocenters. The third kappa shape index (κ3) is 3.35. The zero-order chi connectivity index (χ0) is 17.2. The van der Waals surface area contributed by atoms with Gasteiger partial charge in [0.25, 0.3) is 0 Å². The Balaban J connectivity index is 1.53. The van der Waals surface area contributed by atoms with E-state index >= 15 is 0 Å². The standard InChI is InChI=1S/C21H24N4/c1-16-4-3-5-18(12-16)14-24-11-8-20(15-24)25-17(2)13-23-21(25)19-6-9-22-10-7-19/h3-7,9-10,12-13,20H,8,11,14-15H2,1-2H3. The second-order valence-corrected chi connectivity index (χ2v) is 7.00. The molecule has 0 saturated carbocycles. The second kappa shape index (κ2) is 6.81. The van der Waals surface area contributed by atoms with Gasteiger partial charge in [0.1, 0.15) is 5.82 Å². The fourth-order valence-electron chi connectivity index (χ4n) is 3.86. The highest BCUT2D eigenvalue weighted by atomic mass is 15.2. The third-order valence-electron chi connectivity index (χ3n) is 5.02. The monoisotopic (exact) mass is 332 g/mol. The number of nitrogens with zero attached hydrogens (tertiary/aromatic N) is 4. The van der Waals surface area contributed by atoms with E-state index in [1.165, 1.54) is 23.2 Å². The molecule has 0 radical (unpaired) electrons. The molecule has 0 N–H and O–H groups in total. The van der Waals surface area contributed by atoms with E-state index in [-0.39, 0.29) is 0 Å². The second-order valence-electron chi connectivity index (χ2n) is 7.00. The van der Waals surface area contributed by atoms with Crippen molar-refractivity contribution in [3.05, 3.63) is 71.8 Å². The zero-order valence-corrected chi connectivity index (χ0v) is 14.9. The molecule has 4 heteroatoms. The van der Waals surface area contributed by atoms with E-state index in [1.54, 1.807) is 0 Å². The Bertz CT molecular complexity index is 853. The Hall–Kier alpha value is -2.46. The molecule has 4 rings (SSSR count). The molecule has 2 aromatic heterocycles. The summed E-state index contributed by atoms with van der Waals surface area (Å²) in [5, 5.41) is 0. The maximum atomic E-state index is 4.67. The van der Waals surface area contributed by atoms with Crippen LogP contribution in [0.1, 0.15) is 29.3 Å². The van der Waals surface area contributed by atoms with Crippen LogP contribution in [0.4, 0.5) is 0 Å². The number of likely N-dealkylation sites (tertiary alicyclic amines) is 1. The SMILES string of the molecule is Cc1cccc(CN2CCC(n3c(C)cnc3-c3ccncc3)C2)c1. The molecule has 1 saturated heterocycles. The maximum absolute atomic E-state index is 4.67. The number of benzene rings is 1. The van der Waals surface area contributed by atoms with Crippen LogP contribution in [0.25, 0.3) is 11.4 Å². The molecule has 0 bridgehead atoms. The van der Waals surface area contributed by atoms with Crippen LogP contribution in [0.3, 0.4) is 0 Å². The van der Waals surface area contributed by atoms with Gasteiger partial charge < -0.3 is 4.57 Å². The highest BCUT2D eigenvalue weighted by Gasteiger charge is 2.27. The van der Waals surface area contributed by atoms with Crippen LogP contribution in [0.15, 0.2) is 55.0 Å². The van der Waals surface area contributed by atoms with Crippen LogP contribution in [0.5, 0.6) is 0 Å². The summed E-state index contributed by atoms with van der Waals surface area (Å²) >= 11 is 0. The lowest BCUT2D eigenvalue weighted by molar-refractivity contribution is 0.316. The van der Waals surface area contributed by atoms with Crippen molar-refractivity contribution in [1.82, 2.24) is 19.4 Å². The quantitative estimate of drug-likeness (QED) is 0.724. The van der Waals surface area contributed by atoms with Crippen LogP contribution < -0.4 is 0 Å². The summed E-state index contributed by atoms with van der Waals surface area (Å²) in [6.07, 6.45) is 6.82. The summed E-state index contributed by atoms with van der Waals surface area (Å²) < 4.78 is 2.41. The first-order valence-corrected chi connectivity index (χ1v) is 8.93. The van der Waals surface area contributed by atoms with E-state index < -0.39 is 0 Å². The fraction of sp³-hybridized carbons (Fsp3) is 0.333. The van der Waals surface area contributed by atoms with Crippen molar-refractivity contribution in [3.8, 4) is 11.4 Å². The summed E-state index contributed by atoms with van der Waals surface area (Å²) in [7, 11) is 0. The first kappa shape index (κ1) is 16.0. The van der Waals surface area contributed by atoms with Gasteiger partial charge in [-0.25, -0.2) is 4.98 Å². The van der Waals surface area contributed by atoms with Crippen LogP contribution in [-0.4, -0.2) is 32.5 Å². The van der Waals surface area contributed by atoms with Crippen molar-refractivity contribution in [2.24, 2.45) is 0 Å². The first-order chi connectivity index (χ1) is 12.2. The first-order valence-electron chi connectivity index (χ1n) is 8.93. The Kier molecular flexibility index (Phi) is 4.36. The fourth-order valence-corrected chi connectivity index (χ4v) is 3.86. The molecular weight excluding hydrogens is 308 g/mol. The maximum Gasteiger partial charge on any atom is 0.140 e. The van der Waals surface area contributed by atoms with E-state index in [0.717, 1.165) is 31.0 Å². The summed E-state index contributed by atoms with van der Waals surface area (Å²) in [5.74, 6) is 1.06. The van der Waals surface area contributed by atoms with Crippen molar-refractivity contribution in [1.29, 1.82) is 0 Å². The number of rotatable bonds is 4. The lowest BCUT2D eigenvalue weighted by atomic mass is 10.1. The van der Waals surface area contributed by atoms with Gasteiger partial charge in [0.05, 0.1) is 0 Å². The average molecular weight is 332 g/mol. The minimum absolute atomic E-state index is 0.482. The Morgan fingerprint density at radius 2 is 1.96 bits per heavy atom. The minimum Gasteiger partial charge on any atom is -0.324 e. The Labute approximate surface area is 149 Å². The summed E-state index contributed by atoms with van der Waals surface area (Å²) in [6, 6.07) is 13.4. The van der Waals surface area contributed by atoms with Gasteiger partial charge in [-0.3, -0.25) is 9.88 Å². The number of imidazole rings is 1. The van der Waals surface area contributed by atoms with E-state index in [1.807, 2.05) is 30.7 Å². The number of aromatic nitrogens is 3. The number of aryl methyl sites for hydroxylation is 2. The van der Waals surface area contributed by atoms with E-state index in [9.17, 15) is 0 Å². The molecule has 1 aromatic carbocycles. The normalized spacial score (nSPS) is 17.9. The van der Waals surface area contributed by atoms with Crippen molar-refractivity contribution >= 4 is 0 Å². The molecular formula is C21H24N4. The van der Waals surface area contributed by atoms with Crippen LogP contribution in [0, 0.1) is 13.8 Å². The van der Waals surface area contributed by atoms with E-state index in [0.29, 0.717) is 6.04 Å². The van der Waals surface area contributed by atoms with Crippen molar-refractivity contribution in [2.75, 3.05) is 13.1 Å². The van der Waals surface area contributed by atoms with Gasteiger partial charge in [0, 0.05) is 55.5 Å². The summed E-state index contributed by atoms with van der Waals surface area (Å²) in [4.78, 5) is 11.3. The summed E-state index contributed by atoms with van der Waals surface area (Å²) in [6.45, 7) is 7.54. The molecule has 1 aliphatic rings. The van der Waals surface area contributed by atoms with E-state index in [2.05, 4.69) is 57.5 Å². The highest BCUT2D eigenvalue weighted by Crippen LogP contribution is 2.30. The van der Waals surface area contributed by atoms with Gasteiger partial charge >= 0.3 is 0 Å². The molecule has 4 nitrogen and oxygen atoms in total. The molecule has 3 heterocycles. The van der Waals surface area contributed by atoms with Gasteiger partial charge in [-0.05, 0) is 38.0 Å². The molecule has 1 aliphatic heterocycles. The smallest absolute Gasteiger partial charge is 0.140 e. The molecule has 0 spiro atoms. The summed E-state index contributed by atoms with van der Waals surface area (Å²) in [5.41, 5.74) is 5.10. The molecule has 0 aliphatic carbocycles. The minimum atomic E-state index is 0.482. The third-order valence-corrected chi connectivity index (χ3v) is 5.02. The van der Waals surface area contributed by atoms with Crippen molar-refractivity contribution in [2.45, 2.75) is 32.9 Å². The Morgan fingerprint density at radius 3 is 2.76 bits per heavy atom. The van der Waals surface area contributed by atoms with Gasteiger partial charge in [-0.2, -0.15) is 0 Å². The number of hydrogen-bond donors (Lipinski definition) is 0. The van der Waals surface area contributed by atoms with Crippen LogP contribution in [0.2, 0.25) is 0 Å². The molecule has 3 aromatic rings. The Morgan fingerprint density at radius 1 is 1.12 bits per heavy atom. The van der Waals surface area contributed by atoms with Crippen molar-refractivity contribution in [3.63, 3.8) is 0 Å². The number of hydrogen-bond acceptors (Lipinski definition) is 3. The highest BCUT2D eigenvalue weighted by molar-refractivity contribution is 5.55. The lowest BCUT2D eigenvalue weighted by Gasteiger charge is -2.20.